The van der Waals surface area contributed by atoms with Gasteiger partial charge in [-0.1, -0.05) is 0 Å². The van der Waals surface area contributed by atoms with E-state index in [4.69, 9.17) is 4.74 Å². The molecule has 0 spiro atoms. The van der Waals surface area contributed by atoms with Gasteiger partial charge in [-0.05, 0) is 25.2 Å². The molecule has 1 N–H and O–H groups in total. The number of anilines is 1. The summed E-state index contributed by atoms with van der Waals surface area (Å²) in [6.07, 6.45) is 5.70. The van der Waals surface area contributed by atoms with E-state index < -0.39 is 5.82 Å². The molecule has 3 aliphatic rings. The first-order chi connectivity index (χ1) is 11.2. The van der Waals surface area contributed by atoms with Gasteiger partial charge in [-0.15, -0.1) is 0 Å². The van der Waals surface area contributed by atoms with Crippen molar-refractivity contribution in [2.45, 2.75) is 25.4 Å². The van der Waals surface area contributed by atoms with Crippen LogP contribution in [0.5, 0.6) is 0 Å². The SMILES string of the molecule is O=C(NCC1CC1)[C@H]1CN(c2ncc(F)cn2)C[C@H]2OCC[C@@H]12. The molecule has 4 rings (SSSR count). The number of halogens is 1. The fourth-order valence-electron chi connectivity index (χ4n) is 3.59. The van der Waals surface area contributed by atoms with Gasteiger partial charge < -0.3 is 15.0 Å². The first-order valence-electron chi connectivity index (χ1n) is 8.32. The van der Waals surface area contributed by atoms with Crippen molar-refractivity contribution >= 4 is 11.9 Å². The highest BCUT2D eigenvalue weighted by Gasteiger charge is 2.44. The van der Waals surface area contributed by atoms with E-state index in [0.717, 1.165) is 25.4 Å². The quantitative estimate of drug-likeness (QED) is 0.896. The van der Waals surface area contributed by atoms with Crippen LogP contribution in [0.25, 0.3) is 0 Å². The molecule has 23 heavy (non-hydrogen) atoms. The van der Waals surface area contributed by atoms with Crippen LogP contribution in [0, 0.1) is 23.6 Å². The van der Waals surface area contributed by atoms with Crippen LogP contribution in [0.1, 0.15) is 19.3 Å². The summed E-state index contributed by atoms with van der Waals surface area (Å²) in [5.41, 5.74) is 0. The Balaban J connectivity index is 1.49. The molecule has 1 aromatic heterocycles. The number of carbonyl (C=O) groups is 1. The van der Waals surface area contributed by atoms with E-state index in [-0.39, 0.29) is 23.8 Å². The Morgan fingerprint density at radius 3 is 2.83 bits per heavy atom. The minimum atomic E-state index is -0.459. The zero-order valence-electron chi connectivity index (χ0n) is 12.9. The maximum Gasteiger partial charge on any atom is 0.225 e. The fourth-order valence-corrected chi connectivity index (χ4v) is 3.59. The smallest absolute Gasteiger partial charge is 0.225 e. The first kappa shape index (κ1) is 14.8. The van der Waals surface area contributed by atoms with Gasteiger partial charge in [0.2, 0.25) is 11.9 Å². The highest BCUT2D eigenvalue weighted by atomic mass is 19.1. The number of fused-ring (bicyclic) bond motifs is 1. The lowest BCUT2D eigenvalue weighted by Gasteiger charge is -2.39. The Kier molecular flexibility index (Phi) is 3.88. The van der Waals surface area contributed by atoms with Crippen LogP contribution in [0.3, 0.4) is 0 Å². The van der Waals surface area contributed by atoms with Crippen molar-refractivity contribution in [2.75, 3.05) is 31.1 Å². The average Bonchev–Trinajstić information content (AvgIpc) is 3.27. The van der Waals surface area contributed by atoms with Gasteiger partial charge in [0.15, 0.2) is 5.82 Å². The number of hydrogen-bond acceptors (Lipinski definition) is 5. The summed E-state index contributed by atoms with van der Waals surface area (Å²) in [6, 6.07) is 0. The molecule has 2 saturated heterocycles. The summed E-state index contributed by atoms with van der Waals surface area (Å²) in [6.45, 7) is 2.69. The molecule has 3 heterocycles. The van der Waals surface area contributed by atoms with Crippen LogP contribution in [-0.2, 0) is 9.53 Å². The number of piperidine rings is 1. The third kappa shape index (κ3) is 3.15. The molecule has 1 saturated carbocycles. The molecular formula is C16H21FN4O2. The normalized spacial score (nSPS) is 30.1. The van der Waals surface area contributed by atoms with Crippen molar-refractivity contribution in [3.8, 4) is 0 Å². The predicted octanol–water partition coefficient (Wildman–Crippen LogP) is 0.983. The van der Waals surface area contributed by atoms with Gasteiger partial charge in [0.1, 0.15) is 0 Å². The van der Waals surface area contributed by atoms with Crippen molar-refractivity contribution in [1.82, 2.24) is 15.3 Å². The molecule has 0 aromatic carbocycles. The number of amides is 1. The highest BCUT2D eigenvalue weighted by Crippen LogP contribution is 2.35. The third-order valence-corrected chi connectivity index (χ3v) is 5.08. The van der Waals surface area contributed by atoms with Gasteiger partial charge in [-0.25, -0.2) is 14.4 Å². The lowest BCUT2D eigenvalue weighted by molar-refractivity contribution is -0.127. The Morgan fingerprint density at radius 2 is 2.09 bits per heavy atom. The predicted molar refractivity (Wildman–Crippen MR) is 81.3 cm³/mol. The summed E-state index contributed by atoms with van der Waals surface area (Å²) >= 11 is 0. The zero-order chi connectivity index (χ0) is 15.8. The molecule has 1 aromatic rings. The van der Waals surface area contributed by atoms with E-state index >= 15 is 0 Å². The van der Waals surface area contributed by atoms with Crippen molar-refractivity contribution in [1.29, 1.82) is 0 Å². The zero-order valence-corrected chi connectivity index (χ0v) is 12.9. The molecule has 1 amide bonds. The molecule has 1 aliphatic carbocycles. The topological polar surface area (TPSA) is 67.4 Å². The molecule has 7 heteroatoms. The van der Waals surface area contributed by atoms with Crippen LogP contribution in [0.2, 0.25) is 0 Å². The largest absolute Gasteiger partial charge is 0.376 e. The van der Waals surface area contributed by atoms with Crippen LogP contribution in [-0.4, -0.2) is 48.2 Å². The molecular weight excluding hydrogens is 299 g/mol. The second-order valence-corrected chi connectivity index (χ2v) is 6.76. The molecule has 0 bridgehead atoms. The Hall–Kier alpha value is -1.76. The number of aromatic nitrogens is 2. The van der Waals surface area contributed by atoms with Crippen LogP contribution >= 0.6 is 0 Å². The number of rotatable bonds is 4. The Labute approximate surface area is 134 Å². The van der Waals surface area contributed by atoms with Gasteiger partial charge >= 0.3 is 0 Å². The van der Waals surface area contributed by atoms with E-state index in [1.807, 2.05) is 4.90 Å². The monoisotopic (exact) mass is 320 g/mol. The minimum Gasteiger partial charge on any atom is -0.376 e. The second-order valence-electron chi connectivity index (χ2n) is 6.76. The number of nitrogens with zero attached hydrogens (tertiary/aromatic N) is 3. The fraction of sp³-hybridized carbons (Fsp3) is 0.688. The average molecular weight is 320 g/mol. The first-order valence-corrected chi connectivity index (χ1v) is 8.32. The molecule has 6 nitrogen and oxygen atoms in total. The summed E-state index contributed by atoms with van der Waals surface area (Å²) in [5.74, 6) is 0.897. The van der Waals surface area contributed by atoms with Crippen molar-refractivity contribution in [2.24, 2.45) is 17.8 Å². The maximum absolute atomic E-state index is 13.0. The minimum absolute atomic E-state index is 0.0223. The standard InChI is InChI=1S/C16H21FN4O2/c17-11-6-19-16(20-7-11)21-8-13(12-3-4-23-14(12)9-21)15(22)18-5-10-1-2-10/h6-7,10,12-14H,1-5,8-9H2,(H,18,22)/t12-,13-,14+/m0/s1. The van der Waals surface area contributed by atoms with Crippen LogP contribution in [0.4, 0.5) is 10.3 Å². The third-order valence-electron chi connectivity index (χ3n) is 5.08. The van der Waals surface area contributed by atoms with Crippen LogP contribution < -0.4 is 10.2 Å². The van der Waals surface area contributed by atoms with Gasteiger partial charge in [-0.3, -0.25) is 4.79 Å². The number of ether oxygens (including phenoxy) is 1. The van der Waals surface area contributed by atoms with E-state index in [0.29, 0.717) is 31.6 Å². The Bertz CT molecular complexity index is 578. The van der Waals surface area contributed by atoms with E-state index in [1.165, 1.54) is 12.8 Å². The molecule has 3 fully saturated rings. The molecule has 124 valence electrons. The van der Waals surface area contributed by atoms with Gasteiger partial charge in [0.25, 0.3) is 0 Å². The number of hydrogen-bond donors (Lipinski definition) is 1. The number of nitrogens with one attached hydrogen (secondary N) is 1. The highest BCUT2D eigenvalue weighted by molar-refractivity contribution is 5.80. The van der Waals surface area contributed by atoms with Gasteiger partial charge in [0.05, 0.1) is 24.4 Å². The molecule has 3 atom stereocenters. The molecule has 2 aliphatic heterocycles. The summed E-state index contributed by atoms with van der Waals surface area (Å²) in [5, 5.41) is 3.09. The Morgan fingerprint density at radius 1 is 1.30 bits per heavy atom. The van der Waals surface area contributed by atoms with E-state index in [9.17, 15) is 9.18 Å². The summed E-state index contributed by atoms with van der Waals surface area (Å²) in [7, 11) is 0. The lowest BCUT2D eigenvalue weighted by Crippen LogP contribution is -2.53. The van der Waals surface area contributed by atoms with E-state index in [1.54, 1.807) is 0 Å². The van der Waals surface area contributed by atoms with E-state index in [2.05, 4.69) is 15.3 Å². The van der Waals surface area contributed by atoms with Crippen LogP contribution in [0.15, 0.2) is 12.4 Å². The molecule has 0 radical (unpaired) electrons. The molecule has 0 unspecified atom stereocenters. The van der Waals surface area contributed by atoms with Crippen molar-refractivity contribution in [3.63, 3.8) is 0 Å². The van der Waals surface area contributed by atoms with Crippen molar-refractivity contribution in [3.05, 3.63) is 18.2 Å². The van der Waals surface area contributed by atoms with Crippen molar-refractivity contribution < 1.29 is 13.9 Å². The second kappa shape index (κ2) is 6.03. The summed E-state index contributed by atoms with van der Waals surface area (Å²) < 4.78 is 18.8. The van der Waals surface area contributed by atoms with Gasteiger partial charge in [-0.2, -0.15) is 0 Å². The lowest BCUT2D eigenvalue weighted by atomic mass is 9.82. The number of carbonyl (C=O) groups excluding carboxylic acids is 1. The maximum atomic E-state index is 13.0. The van der Waals surface area contributed by atoms with Gasteiger partial charge in [0, 0.05) is 32.2 Å². The summed E-state index contributed by atoms with van der Waals surface area (Å²) in [4.78, 5) is 22.6.